The Balaban J connectivity index is 1.14. The van der Waals surface area contributed by atoms with E-state index in [1.807, 2.05) is 6.07 Å². The average Bonchev–Trinajstić information content (AvgIpc) is 3.52. The van der Waals surface area contributed by atoms with Crippen molar-refractivity contribution >= 4 is 34.4 Å². The number of hydrogen-bond acceptors (Lipinski definition) is 7. The number of hydrogen-bond donors (Lipinski definition) is 1. The molecule has 11 heteroatoms. The van der Waals surface area contributed by atoms with Crippen LogP contribution in [0.25, 0.3) is 11.0 Å². The number of nitrogens with zero attached hydrogens (tertiary/aromatic N) is 5. The number of carbonyl (C=O) groups is 1. The molecule has 2 aromatic carbocycles. The SMILES string of the molecule is COCCn1c(C2CC23CCN(c2ccnc(OCc4ccc(Cl)cc4F)n2)CC3)nc2ccc(C(=O)O)cc21. The van der Waals surface area contributed by atoms with Gasteiger partial charge in [0.25, 0.3) is 0 Å². The predicted octanol–water partition coefficient (Wildman–Crippen LogP) is 5.32. The normalized spacial score (nSPS) is 17.9. The van der Waals surface area contributed by atoms with E-state index in [1.165, 1.54) is 6.07 Å². The van der Waals surface area contributed by atoms with Crippen LogP contribution in [-0.2, 0) is 17.9 Å². The zero-order valence-corrected chi connectivity index (χ0v) is 22.8. The molecule has 40 heavy (non-hydrogen) atoms. The summed E-state index contributed by atoms with van der Waals surface area (Å²) in [6.07, 6.45) is 4.68. The summed E-state index contributed by atoms with van der Waals surface area (Å²) in [7, 11) is 1.66. The molecule has 2 aliphatic rings. The number of carboxylic acid groups (broad SMARTS) is 1. The van der Waals surface area contributed by atoms with E-state index >= 15 is 0 Å². The molecule has 1 spiro atoms. The second-order valence-electron chi connectivity index (χ2n) is 10.5. The first kappa shape index (κ1) is 26.5. The number of aromatic carboxylic acids is 1. The van der Waals surface area contributed by atoms with Gasteiger partial charge in [0.2, 0.25) is 0 Å². The number of anilines is 1. The summed E-state index contributed by atoms with van der Waals surface area (Å²) >= 11 is 5.83. The van der Waals surface area contributed by atoms with Crippen molar-refractivity contribution in [2.75, 3.05) is 31.7 Å². The zero-order valence-electron chi connectivity index (χ0n) is 22.0. The monoisotopic (exact) mass is 565 g/mol. The molecule has 2 fully saturated rings. The molecule has 1 N–H and O–H groups in total. The minimum Gasteiger partial charge on any atom is -0.478 e. The van der Waals surface area contributed by atoms with Gasteiger partial charge in [-0.2, -0.15) is 4.98 Å². The van der Waals surface area contributed by atoms with E-state index in [2.05, 4.69) is 19.4 Å². The molecule has 3 heterocycles. The second kappa shape index (κ2) is 10.7. The fourth-order valence-corrected chi connectivity index (χ4v) is 5.92. The molecule has 0 radical (unpaired) electrons. The molecule has 1 saturated carbocycles. The van der Waals surface area contributed by atoms with Crippen LogP contribution in [0.15, 0.2) is 48.7 Å². The summed E-state index contributed by atoms with van der Waals surface area (Å²) in [6.45, 7) is 2.81. The Morgan fingerprint density at radius 2 is 2.00 bits per heavy atom. The number of ether oxygens (including phenoxy) is 2. The quantitative estimate of drug-likeness (QED) is 0.291. The van der Waals surface area contributed by atoms with Crippen LogP contribution in [0.2, 0.25) is 5.02 Å². The third-order valence-electron chi connectivity index (χ3n) is 8.12. The second-order valence-corrected chi connectivity index (χ2v) is 10.9. The van der Waals surface area contributed by atoms with E-state index in [4.69, 9.17) is 26.1 Å². The maximum Gasteiger partial charge on any atom is 0.335 e. The fourth-order valence-electron chi connectivity index (χ4n) is 5.76. The van der Waals surface area contributed by atoms with E-state index in [0.29, 0.717) is 29.7 Å². The van der Waals surface area contributed by atoms with Crippen molar-refractivity contribution in [3.63, 3.8) is 0 Å². The summed E-state index contributed by atoms with van der Waals surface area (Å²) in [4.78, 5) is 27.5. The Labute approximate surface area is 235 Å². The van der Waals surface area contributed by atoms with Gasteiger partial charge in [0.15, 0.2) is 0 Å². The third-order valence-corrected chi connectivity index (χ3v) is 8.35. The zero-order chi connectivity index (χ0) is 27.9. The predicted molar refractivity (Wildman–Crippen MR) is 148 cm³/mol. The van der Waals surface area contributed by atoms with Gasteiger partial charge in [-0.3, -0.25) is 0 Å². The van der Waals surface area contributed by atoms with Gasteiger partial charge >= 0.3 is 12.0 Å². The number of methoxy groups -OCH3 is 1. The number of piperidine rings is 1. The molecular weight excluding hydrogens is 537 g/mol. The average molecular weight is 566 g/mol. The molecule has 6 rings (SSSR count). The third kappa shape index (κ3) is 5.09. The van der Waals surface area contributed by atoms with Crippen molar-refractivity contribution in [3.8, 4) is 6.01 Å². The Bertz CT molecular complexity index is 1570. The maximum absolute atomic E-state index is 14.1. The van der Waals surface area contributed by atoms with E-state index in [9.17, 15) is 14.3 Å². The molecule has 1 aliphatic carbocycles. The number of fused-ring (bicyclic) bond motifs is 1. The lowest BCUT2D eigenvalue weighted by atomic mass is 9.90. The van der Waals surface area contributed by atoms with E-state index in [1.54, 1.807) is 43.6 Å². The number of benzene rings is 2. The van der Waals surface area contributed by atoms with Crippen molar-refractivity contribution in [3.05, 3.63) is 76.5 Å². The van der Waals surface area contributed by atoms with Crippen LogP contribution in [0, 0.1) is 11.2 Å². The summed E-state index contributed by atoms with van der Waals surface area (Å²) in [6, 6.07) is 11.6. The van der Waals surface area contributed by atoms with Crippen molar-refractivity contribution < 1.29 is 23.8 Å². The number of halogens is 2. The lowest BCUT2D eigenvalue weighted by Crippen LogP contribution is -2.35. The summed E-state index contributed by atoms with van der Waals surface area (Å²) in [5.74, 6) is 0.721. The molecule has 9 nitrogen and oxygen atoms in total. The van der Waals surface area contributed by atoms with Crippen LogP contribution >= 0.6 is 11.6 Å². The minimum atomic E-state index is -0.950. The van der Waals surface area contributed by atoms with Gasteiger partial charge in [0.05, 0.1) is 23.2 Å². The van der Waals surface area contributed by atoms with Gasteiger partial charge < -0.3 is 24.0 Å². The summed E-state index contributed by atoms with van der Waals surface area (Å²) < 4.78 is 27.3. The van der Waals surface area contributed by atoms with Crippen molar-refractivity contribution in [2.24, 2.45) is 5.41 Å². The largest absolute Gasteiger partial charge is 0.478 e. The maximum atomic E-state index is 14.1. The Morgan fingerprint density at radius 3 is 2.75 bits per heavy atom. The highest BCUT2D eigenvalue weighted by Crippen LogP contribution is 2.65. The van der Waals surface area contributed by atoms with Crippen LogP contribution < -0.4 is 9.64 Å². The Morgan fingerprint density at radius 1 is 1.18 bits per heavy atom. The summed E-state index contributed by atoms with van der Waals surface area (Å²) in [5, 5.41) is 9.81. The van der Waals surface area contributed by atoms with Crippen molar-refractivity contribution in [2.45, 2.75) is 38.3 Å². The molecule has 0 bridgehead atoms. The van der Waals surface area contributed by atoms with Crippen LogP contribution in [0.4, 0.5) is 10.2 Å². The van der Waals surface area contributed by atoms with Gasteiger partial charge in [0.1, 0.15) is 24.1 Å². The molecule has 4 aromatic rings. The van der Waals surface area contributed by atoms with Crippen LogP contribution in [-0.4, -0.2) is 57.4 Å². The van der Waals surface area contributed by atoms with Gasteiger partial charge in [0, 0.05) is 49.4 Å². The van der Waals surface area contributed by atoms with Crippen LogP contribution in [0.1, 0.15) is 46.9 Å². The first-order valence-electron chi connectivity index (χ1n) is 13.2. The van der Waals surface area contributed by atoms with Crippen molar-refractivity contribution in [1.29, 1.82) is 0 Å². The molecule has 1 aliphatic heterocycles. The van der Waals surface area contributed by atoms with Crippen molar-refractivity contribution in [1.82, 2.24) is 19.5 Å². The Hall–Kier alpha value is -3.76. The molecular formula is C29H29ClFN5O4. The smallest absolute Gasteiger partial charge is 0.335 e. The minimum absolute atomic E-state index is 0.00920. The van der Waals surface area contributed by atoms with E-state index in [-0.39, 0.29) is 23.6 Å². The lowest BCUT2D eigenvalue weighted by Gasteiger charge is -2.33. The highest BCUT2D eigenvalue weighted by molar-refractivity contribution is 6.30. The summed E-state index contributed by atoms with van der Waals surface area (Å²) in [5.41, 5.74) is 2.44. The highest BCUT2D eigenvalue weighted by Gasteiger charge is 2.57. The number of carboxylic acids is 1. The highest BCUT2D eigenvalue weighted by atomic mass is 35.5. The van der Waals surface area contributed by atoms with E-state index < -0.39 is 11.8 Å². The van der Waals surface area contributed by atoms with E-state index in [0.717, 1.165) is 55.0 Å². The van der Waals surface area contributed by atoms with Crippen LogP contribution in [0.3, 0.4) is 0 Å². The molecule has 1 atom stereocenters. The molecule has 2 aromatic heterocycles. The number of aromatic nitrogens is 4. The first-order valence-corrected chi connectivity index (χ1v) is 13.6. The topological polar surface area (TPSA) is 103 Å². The van der Waals surface area contributed by atoms with Gasteiger partial charge in [-0.1, -0.05) is 17.7 Å². The molecule has 1 saturated heterocycles. The van der Waals surface area contributed by atoms with Gasteiger partial charge in [-0.15, -0.1) is 0 Å². The van der Waals surface area contributed by atoms with Crippen LogP contribution in [0.5, 0.6) is 6.01 Å². The fraction of sp³-hybridized carbons (Fsp3) is 0.379. The standard InChI is InChI=1S/C29H29ClFN5O4/c1-39-13-12-36-24-14-18(27(37)38)3-5-23(24)33-26(36)21-16-29(21)7-10-35(11-8-29)25-6-9-32-28(34-25)40-17-19-2-4-20(30)15-22(19)31/h2-6,9,14-15,21H,7-8,10-13,16-17H2,1H3,(H,37,38). The van der Waals surface area contributed by atoms with Gasteiger partial charge in [-0.25, -0.2) is 19.2 Å². The lowest BCUT2D eigenvalue weighted by molar-refractivity contribution is 0.0697. The Kier molecular flexibility index (Phi) is 7.06. The molecule has 0 amide bonds. The number of rotatable bonds is 9. The first-order chi connectivity index (χ1) is 19.4. The number of imidazole rings is 1. The molecule has 1 unspecified atom stereocenters. The van der Waals surface area contributed by atoms with Gasteiger partial charge in [-0.05, 0) is 61.1 Å². The molecule has 208 valence electrons.